The van der Waals surface area contributed by atoms with Gasteiger partial charge < -0.3 is 9.57 Å². The molecule has 0 aromatic heterocycles. The van der Waals surface area contributed by atoms with E-state index in [1.54, 1.807) is 6.92 Å². The normalized spacial score (nSPS) is 24.9. The van der Waals surface area contributed by atoms with Crippen LogP contribution in [0.5, 0.6) is 0 Å². The van der Waals surface area contributed by atoms with Crippen molar-refractivity contribution in [3.05, 3.63) is 0 Å². The van der Waals surface area contributed by atoms with Crippen molar-refractivity contribution < 1.29 is 18.8 Å². The Morgan fingerprint density at radius 3 is 2.69 bits per heavy atom. The van der Waals surface area contributed by atoms with E-state index >= 15 is 0 Å². The number of oxime groups is 1. The minimum absolute atomic E-state index is 0.141. The topological polar surface area (TPSA) is 47.9 Å². The van der Waals surface area contributed by atoms with E-state index in [4.69, 9.17) is 9.57 Å². The number of ether oxygens (including phenoxy) is 1. The van der Waals surface area contributed by atoms with Crippen molar-refractivity contribution in [2.75, 3.05) is 13.3 Å². The summed E-state index contributed by atoms with van der Waals surface area (Å²) in [5.74, 6) is -0.562. The zero-order valence-electron chi connectivity index (χ0n) is 10.2. The Balaban J connectivity index is 2.62. The molecule has 1 aliphatic heterocycles. The van der Waals surface area contributed by atoms with Crippen LogP contribution in [0.25, 0.3) is 0 Å². The number of hydrogen-bond acceptors (Lipinski definition) is 4. The molecule has 0 fully saturated rings. The van der Waals surface area contributed by atoms with Crippen molar-refractivity contribution >= 4 is 11.7 Å². The van der Waals surface area contributed by atoms with Gasteiger partial charge in [0.1, 0.15) is 13.3 Å². The summed E-state index contributed by atoms with van der Waals surface area (Å²) in [6, 6.07) is 0. The number of carbonyl (C=O) groups excluding carboxylic acids is 1. The van der Waals surface area contributed by atoms with Crippen molar-refractivity contribution in [2.24, 2.45) is 10.6 Å². The van der Waals surface area contributed by atoms with Crippen LogP contribution in [0.15, 0.2) is 5.16 Å². The predicted molar refractivity (Wildman–Crippen MR) is 57.9 cm³/mol. The Hall–Kier alpha value is -1.13. The van der Waals surface area contributed by atoms with Crippen LogP contribution in [0.2, 0.25) is 0 Å². The number of rotatable bonds is 3. The molecule has 0 spiro atoms. The summed E-state index contributed by atoms with van der Waals surface area (Å²) in [4.78, 5) is 16.7. The fourth-order valence-corrected chi connectivity index (χ4v) is 1.34. The molecule has 16 heavy (non-hydrogen) atoms. The molecule has 1 heterocycles. The van der Waals surface area contributed by atoms with E-state index in [1.165, 1.54) is 0 Å². The molecule has 0 saturated heterocycles. The van der Waals surface area contributed by atoms with E-state index in [2.05, 4.69) is 5.16 Å². The Labute approximate surface area is 94.8 Å². The minimum atomic E-state index is -1.10. The Kier molecular flexibility index (Phi) is 3.55. The summed E-state index contributed by atoms with van der Waals surface area (Å²) >= 11 is 0. The maximum absolute atomic E-state index is 11.9. The lowest BCUT2D eigenvalue weighted by atomic mass is 9.84. The average Bonchev–Trinajstić information content (AvgIpc) is 2.58. The van der Waals surface area contributed by atoms with E-state index in [0.29, 0.717) is 6.42 Å². The quantitative estimate of drug-likeness (QED) is 0.699. The maximum Gasteiger partial charge on any atom is 0.353 e. The predicted octanol–water partition coefficient (Wildman–Crippen LogP) is 2.08. The van der Waals surface area contributed by atoms with E-state index in [0.717, 1.165) is 5.71 Å². The zero-order valence-corrected chi connectivity index (χ0v) is 10.2. The van der Waals surface area contributed by atoms with Gasteiger partial charge in [0.05, 0.1) is 5.71 Å². The van der Waals surface area contributed by atoms with Crippen LogP contribution < -0.4 is 0 Å². The first-order chi connectivity index (χ1) is 7.29. The van der Waals surface area contributed by atoms with Gasteiger partial charge in [-0.1, -0.05) is 25.9 Å². The van der Waals surface area contributed by atoms with Crippen LogP contribution in [0.3, 0.4) is 0 Å². The number of hydrogen-bond donors (Lipinski definition) is 0. The Bertz CT molecular complexity index is 309. The monoisotopic (exact) mass is 231 g/mol. The van der Waals surface area contributed by atoms with E-state index in [1.807, 2.05) is 20.8 Å². The van der Waals surface area contributed by atoms with E-state index in [-0.39, 0.29) is 12.0 Å². The van der Waals surface area contributed by atoms with Gasteiger partial charge in [-0.3, -0.25) is 0 Å². The zero-order chi connectivity index (χ0) is 12.4. The summed E-state index contributed by atoms with van der Waals surface area (Å²) in [7, 11) is 0. The fourth-order valence-electron chi connectivity index (χ4n) is 1.34. The average molecular weight is 231 g/mol. The van der Waals surface area contributed by atoms with Crippen LogP contribution in [0.4, 0.5) is 4.39 Å². The number of carbonyl (C=O) groups is 1. The fraction of sp³-hybridized carbons (Fsp3) is 0.818. The minimum Gasteiger partial charge on any atom is -0.460 e. The molecule has 4 nitrogen and oxygen atoms in total. The molecule has 0 N–H and O–H groups in total. The first-order valence-corrected chi connectivity index (χ1v) is 5.28. The van der Waals surface area contributed by atoms with Crippen LogP contribution in [0, 0.1) is 5.41 Å². The third kappa shape index (κ3) is 2.71. The van der Waals surface area contributed by atoms with Crippen LogP contribution in [-0.4, -0.2) is 30.6 Å². The van der Waals surface area contributed by atoms with Gasteiger partial charge in [0, 0.05) is 11.8 Å². The van der Waals surface area contributed by atoms with Crippen molar-refractivity contribution in [3.8, 4) is 0 Å². The van der Waals surface area contributed by atoms with Crippen molar-refractivity contribution in [1.82, 2.24) is 0 Å². The van der Waals surface area contributed by atoms with Gasteiger partial charge in [-0.2, -0.15) is 0 Å². The van der Waals surface area contributed by atoms with Gasteiger partial charge in [0.25, 0.3) is 0 Å². The molecular weight excluding hydrogens is 213 g/mol. The molecule has 0 saturated carbocycles. The lowest BCUT2D eigenvalue weighted by molar-refractivity contribution is -0.167. The molecule has 1 rings (SSSR count). The van der Waals surface area contributed by atoms with Gasteiger partial charge >= 0.3 is 5.97 Å². The number of esters is 1. The number of alkyl halides is 1. The second-order valence-corrected chi connectivity index (χ2v) is 5.11. The highest BCUT2D eigenvalue weighted by Gasteiger charge is 2.45. The van der Waals surface area contributed by atoms with Crippen molar-refractivity contribution in [2.45, 2.75) is 39.7 Å². The molecule has 0 radical (unpaired) electrons. The summed E-state index contributed by atoms with van der Waals surface area (Å²) in [5.41, 5.74) is -0.428. The summed E-state index contributed by atoms with van der Waals surface area (Å²) in [6.45, 7) is 6.67. The number of halogens is 1. The molecule has 5 heteroatoms. The Morgan fingerprint density at radius 2 is 2.25 bits per heavy atom. The van der Waals surface area contributed by atoms with Gasteiger partial charge in [-0.15, -0.1) is 0 Å². The van der Waals surface area contributed by atoms with Crippen LogP contribution in [-0.2, 0) is 14.4 Å². The summed E-state index contributed by atoms with van der Waals surface area (Å²) in [5, 5.41) is 3.91. The standard InChI is InChI=1S/C11H18FNO3/c1-10(2,3)8-7-11(4,16-13-8)9(14)15-6-5-12/h5-7H2,1-4H3. The van der Waals surface area contributed by atoms with Crippen molar-refractivity contribution in [1.29, 1.82) is 0 Å². The largest absolute Gasteiger partial charge is 0.460 e. The molecule has 0 aromatic rings. The lowest BCUT2D eigenvalue weighted by Crippen LogP contribution is -2.38. The highest BCUT2D eigenvalue weighted by atomic mass is 19.1. The maximum atomic E-state index is 11.9. The third-order valence-corrected chi connectivity index (χ3v) is 2.47. The third-order valence-electron chi connectivity index (χ3n) is 2.47. The highest BCUT2D eigenvalue weighted by molar-refractivity contribution is 5.96. The molecule has 0 amide bonds. The second-order valence-electron chi connectivity index (χ2n) is 5.11. The smallest absolute Gasteiger partial charge is 0.353 e. The van der Waals surface area contributed by atoms with Crippen LogP contribution in [0.1, 0.15) is 34.1 Å². The first kappa shape index (κ1) is 12.9. The van der Waals surface area contributed by atoms with Gasteiger partial charge in [0.15, 0.2) is 0 Å². The van der Waals surface area contributed by atoms with Gasteiger partial charge in [-0.25, -0.2) is 9.18 Å². The molecule has 1 aliphatic rings. The molecule has 0 aromatic carbocycles. The summed E-state index contributed by atoms with van der Waals surface area (Å²) in [6.07, 6.45) is 0.390. The van der Waals surface area contributed by atoms with Gasteiger partial charge in [-0.05, 0) is 6.92 Å². The van der Waals surface area contributed by atoms with E-state index < -0.39 is 18.2 Å². The van der Waals surface area contributed by atoms with Crippen molar-refractivity contribution in [3.63, 3.8) is 0 Å². The van der Waals surface area contributed by atoms with Crippen LogP contribution >= 0.6 is 0 Å². The SMILES string of the molecule is CC(C)(C)C1=NOC(C)(C(=O)OCCF)C1. The highest BCUT2D eigenvalue weighted by Crippen LogP contribution is 2.32. The molecule has 92 valence electrons. The second kappa shape index (κ2) is 4.39. The molecular formula is C11H18FNO3. The lowest BCUT2D eigenvalue weighted by Gasteiger charge is -2.21. The first-order valence-electron chi connectivity index (χ1n) is 5.28. The number of nitrogens with zero attached hydrogens (tertiary/aromatic N) is 1. The molecule has 0 aliphatic carbocycles. The Morgan fingerprint density at radius 1 is 1.62 bits per heavy atom. The molecule has 1 unspecified atom stereocenters. The van der Waals surface area contributed by atoms with E-state index in [9.17, 15) is 9.18 Å². The molecule has 1 atom stereocenters. The summed E-state index contributed by atoms with van der Waals surface area (Å²) < 4.78 is 16.6. The molecule has 0 bridgehead atoms. The van der Waals surface area contributed by atoms with Gasteiger partial charge in [0.2, 0.25) is 5.60 Å².